The zero-order valence-corrected chi connectivity index (χ0v) is 17.1. The Morgan fingerprint density at radius 2 is 1.60 bits per heavy atom. The molecule has 7 nitrogen and oxygen atoms in total. The summed E-state index contributed by atoms with van der Waals surface area (Å²) in [5.74, 6) is 1.77. The maximum Gasteiger partial charge on any atom is 0.257 e. The second-order valence-corrected chi connectivity index (χ2v) is 7.53. The van der Waals surface area contributed by atoms with Gasteiger partial charge < -0.3 is 19.2 Å². The van der Waals surface area contributed by atoms with Crippen LogP contribution in [0.2, 0.25) is 5.02 Å². The Bertz CT molecular complexity index is 967. The number of nitrogens with zero attached hydrogens (tertiary/aromatic N) is 2. The molecule has 3 aromatic rings. The molecule has 1 fully saturated rings. The van der Waals surface area contributed by atoms with E-state index in [0.29, 0.717) is 35.0 Å². The quantitative estimate of drug-likeness (QED) is 0.613. The Hall–Kier alpha value is -2.90. The number of ether oxygens (including phenoxy) is 2. The minimum Gasteiger partial charge on any atom is -0.484 e. The van der Waals surface area contributed by atoms with Crippen LogP contribution in [0.5, 0.6) is 5.75 Å². The fraction of sp³-hybridized carbons (Fsp3) is 0.318. The lowest BCUT2D eigenvalue weighted by atomic mass is 10.0. The molecule has 8 heteroatoms. The molecule has 1 aromatic heterocycles. The number of hydrogen-bond donors (Lipinski definition) is 1. The molecule has 1 N–H and O–H groups in total. The van der Waals surface area contributed by atoms with Gasteiger partial charge in [-0.15, -0.1) is 10.2 Å². The minimum atomic E-state index is -0.130. The third kappa shape index (κ3) is 5.37. The van der Waals surface area contributed by atoms with Gasteiger partial charge in [0.25, 0.3) is 5.91 Å². The van der Waals surface area contributed by atoms with Gasteiger partial charge in [-0.2, -0.15) is 0 Å². The van der Waals surface area contributed by atoms with Crippen molar-refractivity contribution in [3.8, 4) is 28.7 Å². The van der Waals surface area contributed by atoms with Crippen LogP contribution in [0.25, 0.3) is 22.9 Å². The largest absolute Gasteiger partial charge is 0.484 e. The van der Waals surface area contributed by atoms with Crippen LogP contribution >= 0.6 is 11.6 Å². The molecule has 0 bridgehead atoms. The van der Waals surface area contributed by atoms with Crippen molar-refractivity contribution < 1.29 is 18.7 Å². The van der Waals surface area contributed by atoms with E-state index in [9.17, 15) is 4.79 Å². The predicted octanol–water partition coefficient (Wildman–Crippen LogP) is 3.98. The minimum absolute atomic E-state index is 0.0240. The molecule has 0 radical (unpaired) electrons. The first-order valence-electron chi connectivity index (χ1n) is 9.84. The van der Waals surface area contributed by atoms with Crippen molar-refractivity contribution in [2.45, 2.75) is 12.8 Å². The summed E-state index contributed by atoms with van der Waals surface area (Å²) >= 11 is 5.91. The standard InChI is InChI=1S/C22H22ClN3O4/c23-18-5-1-16(2-6-18)21-25-26-22(30-21)17-3-7-19(8-4-17)29-14-20(27)24-13-15-9-11-28-12-10-15/h1-8,15H,9-14H2,(H,24,27). The molecule has 1 aliphatic heterocycles. The van der Waals surface area contributed by atoms with Crippen LogP contribution in [0.15, 0.2) is 52.9 Å². The Morgan fingerprint density at radius 1 is 1.00 bits per heavy atom. The van der Waals surface area contributed by atoms with E-state index >= 15 is 0 Å². The van der Waals surface area contributed by atoms with Crippen molar-refractivity contribution in [1.82, 2.24) is 15.5 Å². The van der Waals surface area contributed by atoms with Gasteiger partial charge in [0.1, 0.15) is 5.75 Å². The highest BCUT2D eigenvalue weighted by Crippen LogP contribution is 2.26. The second-order valence-electron chi connectivity index (χ2n) is 7.09. The SMILES string of the molecule is O=C(COc1ccc(-c2nnc(-c3ccc(Cl)cc3)o2)cc1)NCC1CCOCC1. The molecular weight excluding hydrogens is 406 g/mol. The highest BCUT2D eigenvalue weighted by Gasteiger charge is 2.15. The van der Waals surface area contributed by atoms with E-state index in [1.807, 2.05) is 24.3 Å². The molecule has 156 valence electrons. The molecule has 0 atom stereocenters. The molecule has 1 saturated heterocycles. The molecule has 2 aromatic carbocycles. The lowest BCUT2D eigenvalue weighted by Gasteiger charge is -2.22. The lowest BCUT2D eigenvalue weighted by Crippen LogP contribution is -2.35. The lowest BCUT2D eigenvalue weighted by molar-refractivity contribution is -0.123. The summed E-state index contributed by atoms with van der Waals surface area (Å²) in [4.78, 5) is 12.0. The van der Waals surface area contributed by atoms with Crippen LogP contribution in [-0.2, 0) is 9.53 Å². The summed E-state index contributed by atoms with van der Waals surface area (Å²) in [6.45, 7) is 2.18. The number of carbonyl (C=O) groups excluding carboxylic acids is 1. The number of carbonyl (C=O) groups is 1. The number of halogens is 1. The van der Waals surface area contributed by atoms with Crippen molar-refractivity contribution in [3.05, 3.63) is 53.6 Å². The first kappa shape index (κ1) is 20.4. The molecule has 4 rings (SSSR count). The average Bonchev–Trinajstić information content (AvgIpc) is 3.28. The van der Waals surface area contributed by atoms with Gasteiger partial charge >= 0.3 is 0 Å². The zero-order valence-electron chi connectivity index (χ0n) is 16.3. The molecule has 0 saturated carbocycles. The molecule has 1 amide bonds. The number of rotatable bonds is 7. The van der Waals surface area contributed by atoms with Gasteiger partial charge in [0.2, 0.25) is 11.8 Å². The third-order valence-electron chi connectivity index (χ3n) is 4.92. The summed E-state index contributed by atoms with van der Waals surface area (Å²) in [6, 6.07) is 14.4. The predicted molar refractivity (Wildman–Crippen MR) is 112 cm³/mol. The number of amides is 1. The third-order valence-corrected chi connectivity index (χ3v) is 5.17. The Labute approximate surface area is 179 Å². The fourth-order valence-electron chi connectivity index (χ4n) is 3.15. The Balaban J connectivity index is 1.28. The highest BCUT2D eigenvalue weighted by molar-refractivity contribution is 6.30. The topological polar surface area (TPSA) is 86.5 Å². The maximum absolute atomic E-state index is 12.0. The smallest absolute Gasteiger partial charge is 0.257 e. The first-order valence-corrected chi connectivity index (χ1v) is 10.2. The Kier molecular flexibility index (Phi) is 6.61. The van der Waals surface area contributed by atoms with Gasteiger partial charge in [-0.1, -0.05) is 11.6 Å². The number of benzene rings is 2. The fourth-order valence-corrected chi connectivity index (χ4v) is 3.28. The van der Waals surface area contributed by atoms with Gasteiger partial charge in [0.05, 0.1) is 0 Å². The molecule has 0 spiro atoms. The van der Waals surface area contributed by atoms with E-state index < -0.39 is 0 Å². The molecule has 30 heavy (non-hydrogen) atoms. The molecule has 0 aliphatic carbocycles. The van der Waals surface area contributed by atoms with Crippen molar-refractivity contribution in [2.75, 3.05) is 26.4 Å². The maximum atomic E-state index is 12.0. The van der Waals surface area contributed by atoms with Crippen LogP contribution in [-0.4, -0.2) is 42.5 Å². The first-order chi connectivity index (χ1) is 14.7. The molecule has 0 unspecified atom stereocenters. The van der Waals surface area contributed by atoms with Crippen LogP contribution in [0.3, 0.4) is 0 Å². The summed E-state index contributed by atoms with van der Waals surface area (Å²) in [6.07, 6.45) is 1.97. The van der Waals surface area contributed by atoms with Crippen molar-refractivity contribution in [3.63, 3.8) is 0 Å². The molecular formula is C22H22ClN3O4. The van der Waals surface area contributed by atoms with Crippen LogP contribution < -0.4 is 10.1 Å². The van der Waals surface area contributed by atoms with Gasteiger partial charge in [-0.05, 0) is 67.3 Å². The number of aromatic nitrogens is 2. The average molecular weight is 428 g/mol. The van der Waals surface area contributed by atoms with Gasteiger partial charge in [0, 0.05) is 35.9 Å². The van der Waals surface area contributed by atoms with Crippen molar-refractivity contribution in [2.24, 2.45) is 5.92 Å². The van der Waals surface area contributed by atoms with Gasteiger partial charge in [-0.3, -0.25) is 4.79 Å². The number of hydrogen-bond acceptors (Lipinski definition) is 6. The van der Waals surface area contributed by atoms with E-state index in [2.05, 4.69) is 15.5 Å². The van der Waals surface area contributed by atoms with E-state index in [4.69, 9.17) is 25.5 Å². The van der Waals surface area contributed by atoms with Crippen LogP contribution in [0, 0.1) is 5.92 Å². The normalized spacial score (nSPS) is 14.4. The second kappa shape index (κ2) is 9.73. The van der Waals surface area contributed by atoms with E-state index in [1.165, 1.54) is 0 Å². The summed E-state index contributed by atoms with van der Waals surface area (Å²) in [5, 5.41) is 11.7. The van der Waals surface area contributed by atoms with Crippen molar-refractivity contribution >= 4 is 17.5 Å². The van der Waals surface area contributed by atoms with E-state index in [1.54, 1.807) is 24.3 Å². The van der Waals surface area contributed by atoms with Crippen molar-refractivity contribution in [1.29, 1.82) is 0 Å². The summed E-state index contributed by atoms with van der Waals surface area (Å²) in [7, 11) is 0. The summed E-state index contributed by atoms with van der Waals surface area (Å²) < 4.78 is 16.6. The van der Waals surface area contributed by atoms with E-state index in [0.717, 1.165) is 37.2 Å². The van der Waals surface area contributed by atoms with Crippen LogP contribution in [0.1, 0.15) is 12.8 Å². The highest BCUT2D eigenvalue weighted by atomic mass is 35.5. The monoisotopic (exact) mass is 427 g/mol. The molecule has 1 aliphatic rings. The number of nitrogens with one attached hydrogen (secondary N) is 1. The van der Waals surface area contributed by atoms with E-state index in [-0.39, 0.29) is 12.5 Å². The summed E-state index contributed by atoms with van der Waals surface area (Å²) in [5.41, 5.74) is 1.56. The zero-order chi connectivity index (χ0) is 20.8. The Morgan fingerprint density at radius 3 is 2.23 bits per heavy atom. The van der Waals surface area contributed by atoms with Crippen LogP contribution in [0.4, 0.5) is 0 Å². The molecule has 2 heterocycles. The van der Waals surface area contributed by atoms with Gasteiger partial charge in [0.15, 0.2) is 6.61 Å². The van der Waals surface area contributed by atoms with Gasteiger partial charge in [-0.25, -0.2) is 0 Å².